The van der Waals surface area contributed by atoms with Crippen LogP contribution in [0, 0.1) is 0 Å². The molecule has 0 aromatic carbocycles. The lowest BCUT2D eigenvalue weighted by atomic mass is 10.5. The Morgan fingerprint density at radius 3 is 2.83 bits per heavy atom. The zero-order valence-corrected chi connectivity index (χ0v) is 5.23. The number of hydrogen-bond acceptors (Lipinski definition) is 2. The lowest BCUT2D eigenvalue weighted by molar-refractivity contribution is 0.450. The second-order valence-corrected chi connectivity index (χ2v) is 3.60. The molecule has 0 amide bonds. The van der Waals surface area contributed by atoms with E-state index in [2.05, 4.69) is 3.53 Å². The van der Waals surface area contributed by atoms with Crippen LogP contribution in [0.25, 0.3) is 0 Å². The summed E-state index contributed by atoms with van der Waals surface area (Å²) >= 11 is 0.338. The molecule has 1 saturated heterocycles. The Morgan fingerprint density at radius 1 is 2.00 bits per heavy atom. The SMILES string of the molecule is C1OC1C1=IN1. The van der Waals surface area contributed by atoms with Gasteiger partial charge in [-0.2, -0.15) is 0 Å². The maximum absolute atomic E-state index is 4.96. The summed E-state index contributed by atoms with van der Waals surface area (Å²) in [7, 11) is 0. The zero-order valence-electron chi connectivity index (χ0n) is 3.07. The van der Waals surface area contributed by atoms with E-state index >= 15 is 0 Å². The molecule has 0 aliphatic carbocycles. The summed E-state index contributed by atoms with van der Waals surface area (Å²) in [6, 6.07) is 0. The first-order valence-electron chi connectivity index (χ1n) is 1.85. The molecule has 2 nitrogen and oxygen atoms in total. The minimum Gasteiger partial charge on any atom is -0.366 e. The van der Waals surface area contributed by atoms with Gasteiger partial charge in [-0.05, 0) is 21.0 Å². The van der Waals surface area contributed by atoms with Gasteiger partial charge < -0.3 is 4.74 Å². The smallest absolute Gasteiger partial charge is 0.123 e. The van der Waals surface area contributed by atoms with Crippen LogP contribution in [-0.2, 0) is 4.74 Å². The third-order valence-corrected chi connectivity index (χ3v) is 2.68. The monoisotopic (exact) mass is 197 g/mol. The number of rotatable bonds is 1. The van der Waals surface area contributed by atoms with Crippen molar-refractivity contribution in [1.82, 2.24) is 3.53 Å². The van der Waals surface area contributed by atoms with Crippen molar-refractivity contribution >= 4 is 24.6 Å². The summed E-state index contributed by atoms with van der Waals surface area (Å²) in [5.41, 5.74) is 0. The second kappa shape index (κ2) is 1.02. The van der Waals surface area contributed by atoms with Gasteiger partial charge in [0.1, 0.15) is 6.10 Å². The van der Waals surface area contributed by atoms with E-state index < -0.39 is 0 Å². The molecule has 0 radical (unpaired) electrons. The van der Waals surface area contributed by atoms with E-state index in [1.54, 1.807) is 0 Å². The van der Waals surface area contributed by atoms with Crippen molar-refractivity contribution in [2.45, 2.75) is 6.10 Å². The molecule has 1 atom stereocenters. The molecular formula is C3H4INO. The first-order chi connectivity index (χ1) is 2.97. The summed E-state index contributed by atoms with van der Waals surface area (Å²) in [4.78, 5) is 0. The first-order valence-corrected chi connectivity index (χ1v) is 4.01. The van der Waals surface area contributed by atoms with Crippen LogP contribution in [0.15, 0.2) is 0 Å². The molecule has 1 fully saturated rings. The van der Waals surface area contributed by atoms with E-state index in [0.29, 0.717) is 27.1 Å². The highest BCUT2D eigenvalue weighted by molar-refractivity contribution is 14.2. The molecule has 2 aliphatic rings. The van der Waals surface area contributed by atoms with Crippen molar-refractivity contribution < 1.29 is 4.74 Å². The van der Waals surface area contributed by atoms with Gasteiger partial charge in [0.25, 0.3) is 0 Å². The van der Waals surface area contributed by atoms with Gasteiger partial charge >= 0.3 is 0 Å². The third kappa shape index (κ3) is 0.506. The topological polar surface area (TPSA) is 34.5 Å². The average molecular weight is 197 g/mol. The zero-order chi connectivity index (χ0) is 3.98. The minimum absolute atomic E-state index is 0.338. The average Bonchev–Trinajstić information content (AvgIpc) is 2.26. The summed E-state index contributed by atoms with van der Waals surface area (Å²) in [5.74, 6) is 0. The molecule has 1 N–H and O–H groups in total. The van der Waals surface area contributed by atoms with Crippen LogP contribution in [0.3, 0.4) is 0 Å². The Kier molecular flexibility index (Phi) is 0.597. The molecule has 2 rings (SSSR count). The fourth-order valence-corrected chi connectivity index (χ4v) is 1.55. The largest absolute Gasteiger partial charge is 0.366 e. The molecular weight excluding hydrogens is 193 g/mol. The molecule has 0 bridgehead atoms. The quantitative estimate of drug-likeness (QED) is 0.364. The Hall–Kier alpha value is 0.520. The van der Waals surface area contributed by atoms with Gasteiger partial charge in [0.15, 0.2) is 0 Å². The third-order valence-electron chi connectivity index (χ3n) is 0.820. The highest BCUT2D eigenvalue weighted by atomic mass is 127. The highest BCUT2D eigenvalue weighted by Gasteiger charge is 2.32. The Morgan fingerprint density at radius 2 is 2.67 bits per heavy atom. The Bertz CT molecular complexity index is 107. The molecule has 2 heterocycles. The molecule has 2 aliphatic heterocycles. The molecule has 3 heteroatoms. The van der Waals surface area contributed by atoms with Crippen molar-refractivity contribution in [1.29, 1.82) is 0 Å². The van der Waals surface area contributed by atoms with Crippen LogP contribution < -0.4 is 3.53 Å². The summed E-state index contributed by atoms with van der Waals surface area (Å²) in [5, 5.41) is 0. The van der Waals surface area contributed by atoms with Crippen LogP contribution in [0.5, 0.6) is 0 Å². The number of nitrogens with one attached hydrogen (secondary N) is 1. The van der Waals surface area contributed by atoms with Crippen LogP contribution in [0.2, 0.25) is 0 Å². The molecule has 6 heavy (non-hydrogen) atoms. The fraction of sp³-hybridized carbons (Fsp3) is 0.667. The summed E-state index contributed by atoms with van der Waals surface area (Å²) in [6.07, 6.45) is 0.567. The Labute approximate surface area is 46.0 Å². The van der Waals surface area contributed by atoms with E-state index in [0.717, 1.165) is 6.61 Å². The molecule has 0 aromatic rings. The first kappa shape index (κ1) is 3.51. The number of ether oxygens (including phenoxy) is 1. The fourth-order valence-electron chi connectivity index (χ4n) is 0.343. The lowest BCUT2D eigenvalue weighted by Gasteiger charge is -1.66. The standard InChI is InChI=1S/C3H4INO/c1-2(6-1)3-4-5-3/h2,5H,1H2. The van der Waals surface area contributed by atoms with E-state index in [-0.39, 0.29) is 0 Å². The minimum atomic E-state index is 0.338. The molecule has 0 aromatic heterocycles. The lowest BCUT2D eigenvalue weighted by Crippen LogP contribution is -1.99. The van der Waals surface area contributed by atoms with Crippen LogP contribution >= 0.6 is 21.0 Å². The number of hydrogen-bond donors (Lipinski definition) is 1. The Balaban J connectivity index is 2.07. The normalized spacial score (nSPS) is 40.0. The van der Waals surface area contributed by atoms with Crippen LogP contribution in [0.4, 0.5) is 0 Å². The van der Waals surface area contributed by atoms with Gasteiger partial charge in [-0.25, -0.2) is 3.53 Å². The van der Waals surface area contributed by atoms with Crippen molar-refractivity contribution in [3.05, 3.63) is 0 Å². The van der Waals surface area contributed by atoms with Gasteiger partial charge in [-0.1, -0.05) is 0 Å². The van der Waals surface area contributed by atoms with E-state index in [4.69, 9.17) is 4.74 Å². The highest BCUT2D eigenvalue weighted by Crippen LogP contribution is 2.22. The van der Waals surface area contributed by atoms with Gasteiger partial charge in [-0.3, -0.25) is 0 Å². The predicted molar refractivity (Wildman–Crippen MR) is 31.9 cm³/mol. The van der Waals surface area contributed by atoms with E-state index in [1.165, 1.54) is 3.63 Å². The van der Waals surface area contributed by atoms with Gasteiger partial charge in [0, 0.05) is 0 Å². The van der Waals surface area contributed by atoms with Crippen molar-refractivity contribution in [3.63, 3.8) is 0 Å². The second-order valence-electron chi connectivity index (χ2n) is 1.36. The van der Waals surface area contributed by atoms with E-state index in [9.17, 15) is 0 Å². The van der Waals surface area contributed by atoms with Crippen LogP contribution in [0.1, 0.15) is 0 Å². The van der Waals surface area contributed by atoms with Crippen molar-refractivity contribution in [2.24, 2.45) is 0 Å². The molecule has 0 saturated carbocycles. The van der Waals surface area contributed by atoms with Crippen molar-refractivity contribution in [3.8, 4) is 0 Å². The van der Waals surface area contributed by atoms with Crippen molar-refractivity contribution in [2.75, 3.05) is 6.61 Å². The van der Waals surface area contributed by atoms with E-state index in [1.807, 2.05) is 0 Å². The van der Waals surface area contributed by atoms with Gasteiger partial charge in [0.05, 0.1) is 10.2 Å². The number of halogens is 1. The maximum atomic E-state index is 4.96. The van der Waals surface area contributed by atoms with Crippen LogP contribution in [-0.4, -0.2) is 16.3 Å². The summed E-state index contributed by atoms with van der Waals surface area (Å²) in [6.45, 7) is 0.988. The van der Waals surface area contributed by atoms with Gasteiger partial charge in [-0.15, -0.1) is 0 Å². The number of epoxide rings is 1. The van der Waals surface area contributed by atoms with Gasteiger partial charge in [0.2, 0.25) is 0 Å². The molecule has 1 unspecified atom stereocenters. The molecule has 0 spiro atoms. The molecule has 34 valence electrons. The summed E-state index contributed by atoms with van der Waals surface area (Å²) < 4.78 is 9.67. The maximum Gasteiger partial charge on any atom is 0.123 e. The predicted octanol–water partition coefficient (Wildman–Crippen LogP) is 0.00400.